The van der Waals surface area contributed by atoms with Crippen molar-refractivity contribution in [3.63, 3.8) is 0 Å². The van der Waals surface area contributed by atoms with Gasteiger partial charge in [0.15, 0.2) is 0 Å². The van der Waals surface area contributed by atoms with Crippen LogP contribution in [0.1, 0.15) is 35.1 Å². The average molecular weight is 371 g/mol. The summed E-state index contributed by atoms with van der Waals surface area (Å²) < 4.78 is 20.0. The fraction of sp³-hybridized carbons (Fsp3) is 0.200. The van der Waals surface area contributed by atoms with E-state index in [-0.39, 0.29) is 17.8 Å². The van der Waals surface area contributed by atoms with Crippen molar-refractivity contribution < 1.29 is 9.13 Å². The van der Waals surface area contributed by atoms with Crippen LogP contribution in [-0.2, 0) is 6.61 Å². The number of ether oxygens (including phenoxy) is 1. The molecule has 2 nitrogen and oxygen atoms in total. The first-order valence-electron chi connectivity index (χ1n) is 9.78. The van der Waals surface area contributed by atoms with Crippen LogP contribution < -0.4 is 10.1 Å². The second-order valence-electron chi connectivity index (χ2n) is 7.52. The molecular formula is C25H22FNO. The van der Waals surface area contributed by atoms with E-state index < -0.39 is 0 Å². The normalized spacial score (nSPS) is 22.2. The second-order valence-corrected chi connectivity index (χ2v) is 7.52. The smallest absolute Gasteiger partial charge is 0.125 e. The Morgan fingerprint density at radius 1 is 0.929 bits per heavy atom. The Hall–Kier alpha value is -3.07. The summed E-state index contributed by atoms with van der Waals surface area (Å²) in [5, 5.41) is 3.66. The zero-order valence-corrected chi connectivity index (χ0v) is 15.5. The van der Waals surface area contributed by atoms with Crippen molar-refractivity contribution in [2.24, 2.45) is 5.92 Å². The minimum absolute atomic E-state index is 0.130. The standard InChI is InChI=1S/C25H22FNO/c26-18-13-14-23-22(15-18)19-10-6-11-20(19)25(27-23)21-9-4-5-12-24(21)28-16-17-7-2-1-3-8-17/h1-10,12-15,19-20,25,27H,11,16H2. The summed E-state index contributed by atoms with van der Waals surface area (Å²) in [6.07, 6.45) is 5.42. The highest BCUT2D eigenvalue weighted by atomic mass is 19.1. The maximum atomic E-state index is 13.8. The van der Waals surface area contributed by atoms with Crippen LogP contribution in [0, 0.1) is 11.7 Å². The van der Waals surface area contributed by atoms with Gasteiger partial charge in [-0.05, 0) is 47.7 Å². The maximum Gasteiger partial charge on any atom is 0.125 e. The van der Waals surface area contributed by atoms with Crippen LogP contribution in [0.3, 0.4) is 0 Å². The molecule has 0 bridgehead atoms. The summed E-state index contributed by atoms with van der Waals surface area (Å²) in [6, 6.07) is 23.6. The van der Waals surface area contributed by atoms with Crippen LogP contribution in [0.4, 0.5) is 10.1 Å². The molecule has 3 aromatic rings. The summed E-state index contributed by atoms with van der Waals surface area (Å²) in [4.78, 5) is 0. The van der Waals surface area contributed by atoms with E-state index >= 15 is 0 Å². The predicted octanol–water partition coefficient (Wildman–Crippen LogP) is 6.23. The summed E-state index contributed by atoms with van der Waals surface area (Å²) >= 11 is 0. The molecule has 1 heterocycles. The quantitative estimate of drug-likeness (QED) is 0.549. The molecule has 3 atom stereocenters. The Morgan fingerprint density at radius 3 is 2.64 bits per heavy atom. The highest BCUT2D eigenvalue weighted by Gasteiger charge is 2.39. The molecule has 5 rings (SSSR count). The van der Waals surface area contributed by atoms with Crippen molar-refractivity contribution in [3.05, 3.63) is 107 Å². The van der Waals surface area contributed by atoms with E-state index in [0.717, 1.165) is 34.5 Å². The highest BCUT2D eigenvalue weighted by molar-refractivity contribution is 5.60. The number of anilines is 1. The Labute approximate surface area is 164 Å². The van der Waals surface area contributed by atoms with Crippen molar-refractivity contribution >= 4 is 5.69 Å². The lowest BCUT2D eigenvalue weighted by Gasteiger charge is -2.38. The van der Waals surface area contributed by atoms with Gasteiger partial charge in [-0.25, -0.2) is 4.39 Å². The third-order valence-electron chi connectivity index (χ3n) is 5.82. The van der Waals surface area contributed by atoms with E-state index in [0.29, 0.717) is 12.5 Å². The molecule has 0 saturated carbocycles. The summed E-state index contributed by atoms with van der Waals surface area (Å²) in [6.45, 7) is 0.540. The molecule has 0 amide bonds. The minimum atomic E-state index is -0.176. The Morgan fingerprint density at radius 2 is 1.75 bits per heavy atom. The van der Waals surface area contributed by atoms with E-state index in [2.05, 4.69) is 41.7 Å². The molecule has 0 fully saturated rings. The highest BCUT2D eigenvalue weighted by Crippen LogP contribution is 2.51. The molecular weight excluding hydrogens is 349 g/mol. The van der Waals surface area contributed by atoms with Gasteiger partial charge in [-0.15, -0.1) is 0 Å². The van der Waals surface area contributed by atoms with Gasteiger partial charge in [-0.2, -0.15) is 0 Å². The van der Waals surface area contributed by atoms with Gasteiger partial charge in [0.1, 0.15) is 18.2 Å². The van der Waals surface area contributed by atoms with Gasteiger partial charge >= 0.3 is 0 Å². The largest absolute Gasteiger partial charge is 0.489 e. The van der Waals surface area contributed by atoms with Crippen molar-refractivity contribution in [2.75, 3.05) is 5.32 Å². The minimum Gasteiger partial charge on any atom is -0.489 e. The zero-order chi connectivity index (χ0) is 18.9. The molecule has 3 aromatic carbocycles. The van der Waals surface area contributed by atoms with Gasteiger partial charge in [0.2, 0.25) is 0 Å². The average Bonchev–Trinajstić information content (AvgIpc) is 3.23. The summed E-state index contributed by atoms with van der Waals surface area (Å²) in [7, 11) is 0. The lowest BCUT2D eigenvalue weighted by molar-refractivity contribution is 0.296. The SMILES string of the molecule is Fc1ccc2c(c1)C1C=CCC1C(c1ccccc1OCc1ccccc1)N2. The number of nitrogens with one attached hydrogen (secondary N) is 1. The molecule has 0 aromatic heterocycles. The van der Waals surface area contributed by atoms with Gasteiger partial charge < -0.3 is 10.1 Å². The third kappa shape index (κ3) is 3.07. The van der Waals surface area contributed by atoms with Gasteiger partial charge in [0, 0.05) is 17.2 Å². The lowest BCUT2D eigenvalue weighted by atomic mass is 9.77. The van der Waals surface area contributed by atoms with Crippen molar-refractivity contribution in [2.45, 2.75) is 25.0 Å². The first-order valence-corrected chi connectivity index (χ1v) is 9.78. The molecule has 0 spiro atoms. The number of rotatable bonds is 4. The number of halogens is 1. The lowest BCUT2D eigenvalue weighted by Crippen LogP contribution is -2.29. The number of benzene rings is 3. The Kier molecular flexibility index (Phi) is 4.36. The van der Waals surface area contributed by atoms with Crippen LogP contribution in [0.5, 0.6) is 5.75 Å². The van der Waals surface area contributed by atoms with Crippen LogP contribution in [-0.4, -0.2) is 0 Å². The van der Waals surface area contributed by atoms with Crippen LogP contribution in [0.2, 0.25) is 0 Å². The van der Waals surface area contributed by atoms with Gasteiger partial charge in [0.05, 0.1) is 6.04 Å². The molecule has 1 aliphatic carbocycles. The third-order valence-corrected chi connectivity index (χ3v) is 5.82. The molecule has 28 heavy (non-hydrogen) atoms. The van der Waals surface area contributed by atoms with Crippen molar-refractivity contribution in [1.82, 2.24) is 0 Å². The number of fused-ring (bicyclic) bond motifs is 3. The van der Waals surface area contributed by atoms with Crippen LogP contribution in [0.15, 0.2) is 84.9 Å². The van der Waals surface area contributed by atoms with E-state index in [4.69, 9.17) is 4.74 Å². The maximum absolute atomic E-state index is 13.8. The molecule has 3 heteroatoms. The van der Waals surface area contributed by atoms with Crippen LogP contribution >= 0.6 is 0 Å². The molecule has 0 saturated heterocycles. The molecule has 140 valence electrons. The van der Waals surface area contributed by atoms with Gasteiger partial charge in [-0.1, -0.05) is 60.7 Å². The van der Waals surface area contributed by atoms with E-state index in [1.54, 1.807) is 6.07 Å². The molecule has 1 N–H and O–H groups in total. The second kappa shape index (κ2) is 7.16. The van der Waals surface area contributed by atoms with Crippen molar-refractivity contribution in [1.29, 1.82) is 0 Å². The number of hydrogen-bond acceptors (Lipinski definition) is 2. The number of allylic oxidation sites excluding steroid dienone is 2. The number of hydrogen-bond donors (Lipinski definition) is 1. The molecule has 1 aliphatic heterocycles. The fourth-order valence-corrected chi connectivity index (χ4v) is 4.48. The summed E-state index contributed by atoms with van der Waals surface area (Å²) in [5.74, 6) is 1.32. The van der Waals surface area contributed by atoms with Crippen LogP contribution in [0.25, 0.3) is 0 Å². The molecule has 2 aliphatic rings. The fourth-order valence-electron chi connectivity index (χ4n) is 4.48. The van der Waals surface area contributed by atoms with Gasteiger partial charge in [0.25, 0.3) is 0 Å². The predicted molar refractivity (Wildman–Crippen MR) is 110 cm³/mol. The molecule has 0 radical (unpaired) electrons. The topological polar surface area (TPSA) is 21.3 Å². The van der Waals surface area contributed by atoms with E-state index in [9.17, 15) is 4.39 Å². The first-order chi connectivity index (χ1) is 13.8. The molecule has 3 unspecified atom stereocenters. The Bertz CT molecular complexity index is 1010. The van der Waals surface area contributed by atoms with E-state index in [1.807, 2.05) is 36.4 Å². The van der Waals surface area contributed by atoms with E-state index in [1.165, 1.54) is 6.07 Å². The van der Waals surface area contributed by atoms with Crippen molar-refractivity contribution in [3.8, 4) is 5.75 Å². The first kappa shape index (κ1) is 17.1. The Balaban J connectivity index is 1.47. The van der Waals surface area contributed by atoms with Gasteiger partial charge in [-0.3, -0.25) is 0 Å². The monoisotopic (exact) mass is 371 g/mol. The number of para-hydroxylation sites is 1. The summed E-state index contributed by atoms with van der Waals surface area (Å²) in [5.41, 5.74) is 4.37. The zero-order valence-electron chi connectivity index (χ0n) is 15.5.